The van der Waals surface area contributed by atoms with Crippen molar-refractivity contribution in [3.63, 3.8) is 0 Å². The number of aromatic amines is 1. The Bertz CT molecular complexity index is 992. The number of aromatic nitrogens is 2. The normalized spacial score (nSPS) is 28.8. The first-order valence-corrected chi connectivity index (χ1v) is 12.2. The summed E-state index contributed by atoms with van der Waals surface area (Å²) in [7, 11) is -16.7. The molecule has 0 spiro atoms. The lowest BCUT2D eigenvalue weighted by Gasteiger charge is -2.19. The van der Waals surface area contributed by atoms with Crippen molar-refractivity contribution in [2.24, 2.45) is 0 Å². The Morgan fingerprint density at radius 3 is 2.27 bits per heavy atom. The summed E-state index contributed by atoms with van der Waals surface area (Å²) in [5.41, 5.74) is 4.85. The molecule has 1 aromatic heterocycles. The molecule has 1 saturated heterocycles. The highest BCUT2D eigenvalue weighted by Gasteiger charge is 2.47. The third-order valence-electron chi connectivity index (χ3n) is 3.59. The van der Waals surface area contributed by atoms with E-state index in [4.69, 9.17) is 25.2 Å². The van der Waals surface area contributed by atoms with Gasteiger partial charge in [-0.2, -0.15) is 8.62 Å². The Kier molecular flexibility index (Phi) is 7.44. The number of anilines is 1. The summed E-state index contributed by atoms with van der Waals surface area (Å²) in [6, 6.07) is 0. The minimum Gasteiger partial charge on any atom is -0.387 e. The second-order valence-electron chi connectivity index (χ2n) is 5.91. The highest BCUT2D eigenvalue weighted by atomic mass is 31.3. The van der Waals surface area contributed by atoms with Crippen molar-refractivity contribution in [1.82, 2.24) is 9.97 Å². The maximum absolute atomic E-state index is 11.7. The third kappa shape index (κ3) is 6.48. The molecule has 0 bridgehead atoms. The van der Waals surface area contributed by atoms with E-state index in [1.807, 2.05) is 0 Å². The number of H-pyrrole nitrogens is 1. The van der Waals surface area contributed by atoms with Crippen LogP contribution in [0.25, 0.3) is 0 Å². The molecule has 30 heavy (non-hydrogen) atoms. The Balaban J connectivity index is 2.08. The van der Waals surface area contributed by atoms with Crippen LogP contribution in [0.5, 0.6) is 0 Å². The number of nitrogens with one attached hydrogen (secondary N) is 1. The smallest absolute Gasteiger partial charge is 0.387 e. The van der Waals surface area contributed by atoms with Crippen molar-refractivity contribution in [2.75, 3.05) is 12.3 Å². The topological polar surface area (TPSA) is 281 Å². The fourth-order valence-electron chi connectivity index (χ4n) is 2.37. The molecule has 0 amide bonds. The van der Waals surface area contributed by atoms with E-state index in [9.17, 15) is 33.6 Å². The van der Waals surface area contributed by atoms with Gasteiger partial charge in [-0.05, 0) is 6.92 Å². The minimum absolute atomic E-state index is 0.0267. The molecule has 0 saturated carbocycles. The van der Waals surface area contributed by atoms with Gasteiger partial charge in [-0.15, -0.1) is 0 Å². The van der Waals surface area contributed by atoms with E-state index in [0.29, 0.717) is 0 Å². The van der Waals surface area contributed by atoms with E-state index < -0.39 is 60.1 Å². The molecular weight excluding hydrogens is 479 g/mol. The summed E-state index contributed by atoms with van der Waals surface area (Å²) >= 11 is 0. The zero-order chi connectivity index (χ0) is 23.1. The number of aliphatic hydroxyl groups excluding tert-OH is 2. The molecule has 2 heterocycles. The molecule has 20 heteroatoms. The molecule has 6 atom stereocenters. The Morgan fingerprint density at radius 2 is 1.70 bits per heavy atom. The first kappa shape index (κ1) is 25.2. The van der Waals surface area contributed by atoms with E-state index in [-0.39, 0.29) is 17.2 Å². The monoisotopic (exact) mass is 497 g/mol. The molecule has 172 valence electrons. The van der Waals surface area contributed by atoms with Gasteiger partial charge in [0.15, 0.2) is 0 Å². The summed E-state index contributed by atoms with van der Waals surface area (Å²) in [4.78, 5) is 53.0. The van der Waals surface area contributed by atoms with Crippen LogP contribution in [0, 0.1) is 6.92 Å². The highest BCUT2D eigenvalue weighted by Crippen LogP contribution is 2.66. The zero-order valence-electron chi connectivity index (χ0n) is 14.8. The summed E-state index contributed by atoms with van der Waals surface area (Å²) in [6.07, 6.45) is -6.29. The summed E-state index contributed by atoms with van der Waals surface area (Å²) in [6.45, 7) is 0.340. The van der Waals surface area contributed by atoms with E-state index in [1.54, 1.807) is 0 Å². The number of nitrogens with zero attached hydrogens (tertiary/aromatic N) is 1. The minimum atomic E-state index is -5.72. The average Bonchev–Trinajstić information content (AvgIpc) is 2.81. The second kappa shape index (κ2) is 8.84. The molecular formula is C10H18N3O14P3. The van der Waals surface area contributed by atoms with Crippen LogP contribution in [0.3, 0.4) is 0 Å². The second-order valence-corrected chi connectivity index (χ2v) is 10.3. The molecule has 1 aromatic rings. The Hall–Kier alpha value is -1.03. The van der Waals surface area contributed by atoms with Crippen LogP contribution in [-0.4, -0.2) is 64.7 Å². The summed E-state index contributed by atoms with van der Waals surface area (Å²) in [5.74, 6) is -0.268. The summed E-state index contributed by atoms with van der Waals surface area (Å²) in [5, 5.41) is 20.2. The number of phosphoric ester groups is 1. The maximum atomic E-state index is 11.7. The van der Waals surface area contributed by atoms with Crippen LogP contribution < -0.4 is 11.3 Å². The van der Waals surface area contributed by atoms with E-state index >= 15 is 0 Å². The average molecular weight is 497 g/mol. The van der Waals surface area contributed by atoms with E-state index in [2.05, 4.69) is 23.1 Å². The first-order chi connectivity index (χ1) is 13.5. The highest BCUT2D eigenvalue weighted by molar-refractivity contribution is 7.66. The van der Waals surface area contributed by atoms with Gasteiger partial charge in [-0.3, -0.25) is 9.32 Å². The van der Waals surface area contributed by atoms with Gasteiger partial charge < -0.3 is 45.2 Å². The number of hydrogen-bond donors (Lipinski definition) is 8. The zero-order valence-corrected chi connectivity index (χ0v) is 17.5. The predicted molar refractivity (Wildman–Crippen MR) is 93.5 cm³/mol. The van der Waals surface area contributed by atoms with Crippen molar-refractivity contribution in [3.05, 3.63) is 21.7 Å². The SMILES string of the molecule is Cc1nc([C@@H]2O[C@H](COP(=O)(O)OP(=O)(O)OP(=O)(O)O)[C@@H](O)[C@H]2O)c(N)[nH]c1=O. The van der Waals surface area contributed by atoms with Gasteiger partial charge in [0, 0.05) is 0 Å². The number of ether oxygens (including phenoxy) is 1. The van der Waals surface area contributed by atoms with Crippen LogP contribution in [-0.2, 0) is 31.6 Å². The molecule has 0 radical (unpaired) electrons. The fourth-order valence-corrected chi connectivity index (χ4v) is 5.40. The lowest BCUT2D eigenvalue weighted by Crippen LogP contribution is -2.33. The van der Waals surface area contributed by atoms with Gasteiger partial charge in [-0.25, -0.2) is 18.7 Å². The van der Waals surface area contributed by atoms with E-state index in [1.165, 1.54) is 6.92 Å². The predicted octanol–water partition coefficient (Wildman–Crippen LogP) is -1.83. The lowest BCUT2D eigenvalue weighted by atomic mass is 10.1. The van der Waals surface area contributed by atoms with Crippen LogP contribution in [0.15, 0.2) is 4.79 Å². The Labute approximate surface area is 166 Å². The molecule has 9 N–H and O–H groups in total. The van der Waals surface area contributed by atoms with Crippen LogP contribution in [0.4, 0.5) is 5.82 Å². The molecule has 1 fully saturated rings. The number of hydrogen-bond acceptors (Lipinski definition) is 12. The van der Waals surface area contributed by atoms with Gasteiger partial charge in [0.1, 0.15) is 41.6 Å². The molecule has 1 aliphatic rings. The van der Waals surface area contributed by atoms with Gasteiger partial charge in [0.25, 0.3) is 5.56 Å². The molecule has 2 rings (SSSR count). The van der Waals surface area contributed by atoms with Gasteiger partial charge in [0.2, 0.25) is 0 Å². The Morgan fingerprint density at radius 1 is 1.10 bits per heavy atom. The van der Waals surface area contributed by atoms with Gasteiger partial charge >= 0.3 is 23.5 Å². The van der Waals surface area contributed by atoms with Crippen LogP contribution in [0.2, 0.25) is 0 Å². The lowest BCUT2D eigenvalue weighted by molar-refractivity contribution is -0.0233. The number of aryl methyl sites for hydroxylation is 1. The van der Waals surface area contributed by atoms with Crippen molar-refractivity contribution in [2.45, 2.75) is 31.3 Å². The fraction of sp³-hybridized carbons (Fsp3) is 0.600. The van der Waals surface area contributed by atoms with E-state index in [0.717, 1.165) is 0 Å². The largest absolute Gasteiger partial charge is 0.490 e. The summed E-state index contributed by atoms with van der Waals surface area (Å²) < 4.78 is 50.3. The third-order valence-corrected chi connectivity index (χ3v) is 7.39. The molecule has 0 aliphatic carbocycles. The molecule has 17 nitrogen and oxygen atoms in total. The van der Waals surface area contributed by atoms with Crippen LogP contribution in [0.1, 0.15) is 17.5 Å². The number of nitrogen functional groups attached to an aromatic ring is 1. The molecule has 2 unspecified atom stereocenters. The molecule has 1 aliphatic heterocycles. The number of aliphatic hydroxyl groups is 2. The number of phosphoric acid groups is 3. The molecule has 0 aromatic carbocycles. The standard InChI is InChI=1S/C10H18N3O14P3/c1-3-10(16)13-9(11)5(12-3)8-7(15)6(14)4(25-8)2-24-29(20,21)27-30(22,23)26-28(17,18)19/h4,6-8,14-15H,2H2,1H3,(H,20,21)(H,22,23)(H3,11,13,16)(H2,17,18,19)/t4-,6-,7-,8+/m1/s1. The maximum Gasteiger partial charge on any atom is 0.490 e. The van der Waals surface area contributed by atoms with Gasteiger partial charge in [-0.1, -0.05) is 0 Å². The van der Waals surface area contributed by atoms with Gasteiger partial charge in [0.05, 0.1) is 6.61 Å². The first-order valence-electron chi connectivity index (χ1n) is 7.67. The van der Waals surface area contributed by atoms with Crippen molar-refractivity contribution < 1.29 is 61.4 Å². The van der Waals surface area contributed by atoms with Crippen molar-refractivity contribution in [1.29, 1.82) is 0 Å². The number of nitrogens with two attached hydrogens (primary N) is 1. The van der Waals surface area contributed by atoms with Crippen molar-refractivity contribution >= 4 is 29.3 Å². The quantitative estimate of drug-likeness (QED) is 0.183. The van der Waals surface area contributed by atoms with Crippen LogP contribution >= 0.6 is 23.5 Å². The number of rotatable bonds is 8. The van der Waals surface area contributed by atoms with Crippen molar-refractivity contribution in [3.8, 4) is 0 Å².